The Morgan fingerprint density at radius 1 is 1.05 bits per heavy atom. The van der Waals surface area contributed by atoms with Crippen LogP contribution in [0.1, 0.15) is 5.82 Å². The average Bonchev–Trinajstić information content (AvgIpc) is 2.26. The van der Waals surface area contributed by atoms with Crippen molar-refractivity contribution in [3.05, 3.63) is 45.3 Å². The zero-order valence-electron chi connectivity index (χ0n) is 9.86. The van der Waals surface area contributed by atoms with Gasteiger partial charge in [-0.1, -0.05) is 46.6 Å². The molecule has 0 bridgehead atoms. The first-order valence-corrected chi connectivity index (χ1v) is 7.18. The minimum Gasteiger partial charge on any atom is -0.377 e. The Morgan fingerprint density at radius 3 is 2.37 bits per heavy atom. The van der Waals surface area contributed by atoms with Gasteiger partial charge in [0.25, 0.3) is 0 Å². The molecule has 0 saturated heterocycles. The maximum absolute atomic E-state index is 5.95. The van der Waals surface area contributed by atoms with Crippen LogP contribution in [0.5, 0.6) is 0 Å². The Hall–Kier alpha value is -0.520. The Labute approximate surface area is 130 Å². The van der Waals surface area contributed by atoms with Crippen molar-refractivity contribution in [2.75, 3.05) is 7.11 Å². The number of aromatic nitrogens is 2. The zero-order valence-corrected chi connectivity index (χ0v) is 12.9. The molecule has 0 radical (unpaired) electrons. The highest BCUT2D eigenvalue weighted by Crippen LogP contribution is 2.31. The smallest absolute Gasteiger partial charge is 0.156 e. The maximum atomic E-state index is 5.95. The summed E-state index contributed by atoms with van der Waals surface area (Å²) in [5, 5.41) is 2.24. The second kappa shape index (κ2) is 6.77. The average molecular weight is 336 g/mol. The van der Waals surface area contributed by atoms with E-state index in [4.69, 9.17) is 39.5 Å². The second-order valence-electron chi connectivity index (χ2n) is 3.59. The van der Waals surface area contributed by atoms with Gasteiger partial charge in [-0.25, -0.2) is 9.97 Å². The molecule has 19 heavy (non-hydrogen) atoms. The minimum atomic E-state index is 0.310. The van der Waals surface area contributed by atoms with Gasteiger partial charge in [-0.3, -0.25) is 0 Å². The van der Waals surface area contributed by atoms with Gasteiger partial charge in [0.1, 0.15) is 16.8 Å². The van der Waals surface area contributed by atoms with Crippen LogP contribution in [0, 0.1) is 0 Å². The van der Waals surface area contributed by atoms with Crippen LogP contribution in [0.2, 0.25) is 15.2 Å². The first-order chi connectivity index (χ1) is 9.06. The van der Waals surface area contributed by atoms with E-state index in [1.165, 1.54) is 11.8 Å². The van der Waals surface area contributed by atoms with Crippen LogP contribution in [0.4, 0.5) is 0 Å². The molecule has 2 rings (SSSR count). The zero-order chi connectivity index (χ0) is 13.8. The van der Waals surface area contributed by atoms with Crippen LogP contribution in [0.15, 0.2) is 34.2 Å². The normalized spacial score (nSPS) is 10.7. The summed E-state index contributed by atoms with van der Waals surface area (Å²) in [6.07, 6.45) is 0. The highest BCUT2D eigenvalue weighted by molar-refractivity contribution is 7.99. The van der Waals surface area contributed by atoms with E-state index in [0.29, 0.717) is 32.7 Å². The van der Waals surface area contributed by atoms with E-state index in [1.54, 1.807) is 19.2 Å². The summed E-state index contributed by atoms with van der Waals surface area (Å²) in [5.74, 6) is 0.533. The van der Waals surface area contributed by atoms with Gasteiger partial charge in [-0.05, 0) is 18.2 Å². The third kappa shape index (κ3) is 4.51. The van der Waals surface area contributed by atoms with E-state index < -0.39 is 0 Å². The van der Waals surface area contributed by atoms with Crippen LogP contribution < -0.4 is 0 Å². The number of benzene rings is 1. The van der Waals surface area contributed by atoms with E-state index in [1.807, 2.05) is 12.1 Å². The van der Waals surface area contributed by atoms with Crippen molar-refractivity contribution in [2.24, 2.45) is 0 Å². The topological polar surface area (TPSA) is 35.0 Å². The van der Waals surface area contributed by atoms with Crippen LogP contribution >= 0.6 is 46.6 Å². The molecular formula is C12H9Cl3N2OS. The lowest BCUT2D eigenvalue weighted by Gasteiger charge is -2.05. The number of ether oxygens (including phenoxy) is 1. The van der Waals surface area contributed by atoms with Gasteiger partial charge in [0.2, 0.25) is 0 Å². The van der Waals surface area contributed by atoms with Crippen LogP contribution in [-0.4, -0.2) is 17.1 Å². The van der Waals surface area contributed by atoms with Crippen LogP contribution in [0.25, 0.3) is 0 Å². The molecule has 0 spiro atoms. The van der Waals surface area contributed by atoms with E-state index in [0.717, 1.165) is 4.90 Å². The Morgan fingerprint density at radius 2 is 1.74 bits per heavy atom. The molecule has 2 aromatic rings. The van der Waals surface area contributed by atoms with Gasteiger partial charge in [0.15, 0.2) is 5.82 Å². The summed E-state index contributed by atoms with van der Waals surface area (Å²) >= 11 is 19.3. The lowest BCUT2D eigenvalue weighted by atomic mass is 10.4. The van der Waals surface area contributed by atoms with Crippen molar-refractivity contribution >= 4 is 46.6 Å². The number of hydrogen-bond acceptors (Lipinski definition) is 4. The van der Waals surface area contributed by atoms with E-state index in [2.05, 4.69) is 9.97 Å². The van der Waals surface area contributed by atoms with Gasteiger partial charge < -0.3 is 4.74 Å². The van der Waals surface area contributed by atoms with E-state index in [9.17, 15) is 0 Å². The molecule has 0 aliphatic heterocycles. The van der Waals surface area contributed by atoms with Gasteiger partial charge in [0, 0.05) is 28.1 Å². The molecule has 1 aromatic heterocycles. The summed E-state index contributed by atoms with van der Waals surface area (Å²) in [6, 6.07) is 6.98. The lowest BCUT2D eigenvalue weighted by molar-refractivity contribution is 0.177. The fraction of sp³-hybridized carbons (Fsp3) is 0.167. The molecular weight excluding hydrogens is 327 g/mol. The number of methoxy groups -OCH3 is 1. The highest BCUT2D eigenvalue weighted by Gasteiger charge is 2.06. The van der Waals surface area contributed by atoms with Gasteiger partial charge in [-0.15, -0.1) is 0 Å². The summed E-state index contributed by atoms with van der Waals surface area (Å²) < 4.78 is 4.99. The predicted octanol–water partition coefficient (Wildman–Crippen LogP) is 4.73. The van der Waals surface area contributed by atoms with E-state index >= 15 is 0 Å². The monoisotopic (exact) mass is 334 g/mol. The molecule has 1 aromatic carbocycles. The maximum Gasteiger partial charge on any atom is 0.156 e. The first kappa shape index (κ1) is 14.9. The summed E-state index contributed by atoms with van der Waals surface area (Å²) in [7, 11) is 1.58. The lowest BCUT2D eigenvalue weighted by Crippen LogP contribution is -1.98. The standard InChI is InChI=1S/C12H9Cl3N2OS/c1-18-6-11-16-10(15)5-12(17-11)19-9-3-7(13)2-8(14)4-9/h2-5H,6H2,1H3. The van der Waals surface area contributed by atoms with Crippen LogP contribution in [0.3, 0.4) is 0 Å². The number of hydrogen-bond donors (Lipinski definition) is 0. The molecule has 0 saturated carbocycles. The first-order valence-electron chi connectivity index (χ1n) is 5.23. The summed E-state index contributed by atoms with van der Waals surface area (Å²) in [6.45, 7) is 0.310. The quantitative estimate of drug-likeness (QED) is 0.756. The van der Waals surface area contributed by atoms with Crippen molar-refractivity contribution in [2.45, 2.75) is 16.5 Å². The molecule has 0 atom stereocenters. The molecule has 3 nitrogen and oxygen atoms in total. The minimum absolute atomic E-state index is 0.310. The van der Waals surface area contributed by atoms with Crippen LogP contribution in [-0.2, 0) is 11.3 Å². The third-order valence-electron chi connectivity index (χ3n) is 2.05. The summed E-state index contributed by atoms with van der Waals surface area (Å²) in [5.41, 5.74) is 0. The molecule has 0 amide bonds. The molecule has 0 fully saturated rings. The highest BCUT2D eigenvalue weighted by atomic mass is 35.5. The SMILES string of the molecule is COCc1nc(Cl)cc(Sc2cc(Cl)cc(Cl)c2)n1. The van der Waals surface area contributed by atoms with Crippen molar-refractivity contribution in [1.29, 1.82) is 0 Å². The predicted molar refractivity (Wildman–Crippen MR) is 78.3 cm³/mol. The molecule has 7 heteroatoms. The molecule has 0 unspecified atom stereocenters. The molecule has 100 valence electrons. The Kier molecular flexibility index (Phi) is 5.30. The molecule has 0 aliphatic carbocycles. The van der Waals surface area contributed by atoms with Gasteiger partial charge in [0.05, 0.1) is 0 Å². The van der Waals surface area contributed by atoms with Gasteiger partial charge in [-0.2, -0.15) is 0 Å². The second-order valence-corrected chi connectivity index (χ2v) is 5.94. The fourth-order valence-corrected chi connectivity index (χ4v) is 3.25. The molecule has 0 N–H and O–H groups in total. The van der Waals surface area contributed by atoms with Crippen molar-refractivity contribution < 1.29 is 4.74 Å². The largest absolute Gasteiger partial charge is 0.377 e. The Bertz CT molecular complexity index is 575. The number of halogens is 3. The number of rotatable bonds is 4. The third-order valence-corrected chi connectivity index (χ3v) is 3.57. The van der Waals surface area contributed by atoms with E-state index in [-0.39, 0.29) is 0 Å². The van der Waals surface area contributed by atoms with Gasteiger partial charge >= 0.3 is 0 Å². The number of nitrogens with zero attached hydrogens (tertiary/aromatic N) is 2. The molecule has 0 aliphatic rings. The fourth-order valence-electron chi connectivity index (χ4n) is 1.40. The van der Waals surface area contributed by atoms with Crippen molar-refractivity contribution in [1.82, 2.24) is 9.97 Å². The molecule has 1 heterocycles. The summed E-state index contributed by atoms with van der Waals surface area (Å²) in [4.78, 5) is 9.28. The van der Waals surface area contributed by atoms with Crippen molar-refractivity contribution in [3.63, 3.8) is 0 Å². The van der Waals surface area contributed by atoms with Crippen molar-refractivity contribution in [3.8, 4) is 0 Å². The Balaban J connectivity index is 2.27.